The van der Waals surface area contributed by atoms with Crippen molar-refractivity contribution in [3.8, 4) is 17.2 Å². The number of nitriles is 1. The molecule has 3 heteroatoms. The average molecular weight is 267 g/mol. The largest absolute Gasteiger partial charge is 0.348 e. The molecule has 0 aliphatic carbocycles. The Bertz CT molecular complexity index is 687. The summed E-state index contributed by atoms with van der Waals surface area (Å²) in [7, 11) is 0. The van der Waals surface area contributed by atoms with E-state index in [0.717, 1.165) is 23.2 Å². The van der Waals surface area contributed by atoms with Gasteiger partial charge < -0.3 is 10.7 Å². The van der Waals surface area contributed by atoms with E-state index in [1.54, 1.807) is 0 Å². The summed E-state index contributed by atoms with van der Waals surface area (Å²) in [5.41, 5.74) is 14.7. The number of nitrogens with zero attached hydrogens (tertiary/aromatic N) is 1. The quantitative estimate of drug-likeness (QED) is 0.893. The summed E-state index contributed by atoms with van der Waals surface area (Å²) < 4.78 is 0. The van der Waals surface area contributed by atoms with Gasteiger partial charge >= 0.3 is 0 Å². The number of aryl methyl sites for hydroxylation is 1. The minimum Gasteiger partial charge on any atom is -0.348 e. The highest BCUT2D eigenvalue weighted by atomic mass is 14.8. The van der Waals surface area contributed by atoms with Gasteiger partial charge in [0.15, 0.2) is 0 Å². The number of aromatic amines is 1. The van der Waals surface area contributed by atoms with Crippen LogP contribution in [0.1, 0.15) is 40.6 Å². The molecule has 0 radical (unpaired) electrons. The van der Waals surface area contributed by atoms with Gasteiger partial charge in [-0.1, -0.05) is 19.1 Å². The van der Waals surface area contributed by atoms with Gasteiger partial charge in [-0.2, -0.15) is 5.26 Å². The normalized spacial score (nSPS) is 10.6. The first-order valence-electron chi connectivity index (χ1n) is 6.96. The molecule has 0 amide bonds. The molecule has 0 unspecified atom stereocenters. The molecule has 0 bridgehead atoms. The molecule has 0 saturated carbocycles. The van der Waals surface area contributed by atoms with Crippen LogP contribution in [0.25, 0.3) is 11.1 Å². The molecular formula is C17H21N3. The number of aromatic nitrogens is 1. The lowest BCUT2D eigenvalue weighted by Crippen LogP contribution is -2.00. The lowest BCUT2D eigenvalue weighted by atomic mass is 9.91. The Balaban J connectivity index is 2.79. The number of nitrogens with one attached hydrogen (secondary N) is 1. The van der Waals surface area contributed by atoms with Crippen molar-refractivity contribution in [3.63, 3.8) is 0 Å². The molecule has 0 fully saturated rings. The second-order valence-corrected chi connectivity index (χ2v) is 5.18. The van der Waals surface area contributed by atoms with Crippen LogP contribution < -0.4 is 5.73 Å². The number of benzene rings is 1. The number of H-pyrrole nitrogens is 1. The molecule has 1 aromatic carbocycles. The van der Waals surface area contributed by atoms with Gasteiger partial charge in [-0.05, 0) is 55.0 Å². The summed E-state index contributed by atoms with van der Waals surface area (Å²) in [6.45, 7) is 8.88. The molecule has 20 heavy (non-hydrogen) atoms. The Morgan fingerprint density at radius 3 is 2.45 bits per heavy atom. The van der Waals surface area contributed by atoms with Crippen molar-refractivity contribution in [2.45, 2.75) is 40.7 Å². The molecule has 2 aromatic rings. The number of hydrogen-bond acceptors (Lipinski definition) is 2. The summed E-state index contributed by atoms with van der Waals surface area (Å²) in [5, 5.41) is 9.28. The maximum atomic E-state index is 9.28. The third-order valence-corrected chi connectivity index (χ3v) is 4.18. The summed E-state index contributed by atoms with van der Waals surface area (Å²) in [6.07, 6.45) is 0.821. The third-order valence-electron chi connectivity index (χ3n) is 4.18. The van der Waals surface area contributed by atoms with Gasteiger partial charge in [0.1, 0.15) is 11.8 Å². The predicted molar refractivity (Wildman–Crippen MR) is 82.4 cm³/mol. The smallest absolute Gasteiger partial charge is 0.121 e. The summed E-state index contributed by atoms with van der Waals surface area (Å²) in [6, 6.07) is 6.52. The highest BCUT2D eigenvalue weighted by Crippen LogP contribution is 2.34. The highest BCUT2D eigenvalue weighted by molar-refractivity contribution is 5.76. The van der Waals surface area contributed by atoms with E-state index in [4.69, 9.17) is 5.73 Å². The van der Waals surface area contributed by atoms with E-state index in [1.165, 1.54) is 22.3 Å². The number of hydrogen-bond donors (Lipinski definition) is 2. The molecule has 0 aliphatic rings. The van der Waals surface area contributed by atoms with Gasteiger partial charge in [-0.15, -0.1) is 0 Å². The molecule has 0 spiro atoms. The molecule has 1 aromatic heterocycles. The Kier molecular flexibility index (Phi) is 3.96. The average Bonchev–Trinajstić information content (AvgIpc) is 2.82. The van der Waals surface area contributed by atoms with E-state index in [2.05, 4.69) is 50.9 Å². The fourth-order valence-electron chi connectivity index (χ4n) is 2.75. The zero-order chi connectivity index (χ0) is 14.9. The molecule has 3 N–H and O–H groups in total. The van der Waals surface area contributed by atoms with Crippen LogP contribution in [0.5, 0.6) is 0 Å². The van der Waals surface area contributed by atoms with Crippen LogP contribution in [-0.4, -0.2) is 4.98 Å². The van der Waals surface area contributed by atoms with Gasteiger partial charge in [0.05, 0.1) is 0 Å². The Morgan fingerprint density at radius 2 is 1.90 bits per heavy atom. The predicted octanol–water partition coefficient (Wildman–Crippen LogP) is 3.50. The molecule has 104 valence electrons. The van der Waals surface area contributed by atoms with Crippen molar-refractivity contribution < 1.29 is 0 Å². The van der Waals surface area contributed by atoms with Crippen LogP contribution in [0.15, 0.2) is 12.1 Å². The van der Waals surface area contributed by atoms with Crippen LogP contribution in [0, 0.1) is 32.1 Å². The van der Waals surface area contributed by atoms with E-state index >= 15 is 0 Å². The minimum atomic E-state index is 0.413. The zero-order valence-corrected chi connectivity index (χ0v) is 12.6. The number of nitrogens with two attached hydrogens (primary N) is 1. The molecule has 0 aliphatic heterocycles. The zero-order valence-electron chi connectivity index (χ0n) is 12.6. The van der Waals surface area contributed by atoms with Gasteiger partial charge in [-0.25, -0.2) is 0 Å². The van der Waals surface area contributed by atoms with Crippen molar-refractivity contribution in [3.05, 3.63) is 45.8 Å². The van der Waals surface area contributed by atoms with E-state index in [-0.39, 0.29) is 0 Å². The molecule has 2 rings (SSSR count). The monoisotopic (exact) mass is 267 g/mol. The van der Waals surface area contributed by atoms with Crippen LogP contribution in [0.2, 0.25) is 0 Å². The highest BCUT2D eigenvalue weighted by Gasteiger charge is 2.19. The van der Waals surface area contributed by atoms with Crippen molar-refractivity contribution in [1.82, 2.24) is 4.98 Å². The topological polar surface area (TPSA) is 65.6 Å². The van der Waals surface area contributed by atoms with Gasteiger partial charge in [0.25, 0.3) is 0 Å². The maximum absolute atomic E-state index is 9.28. The van der Waals surface area contributed by atoms with Crippen LogP contribution >= 0.6 is 0 Å². The van der Waals surface area contributed by atoms with E-state index < -0.39 is 0 Å². The second kappa shape index (κ2) is 5.52. The summed E-state index contributed by atoms with van der Waals surface area (Å²) in [5.74, 6) is 0. The minimum absolute atomic E-state index is 0.413. The second-order valence-electron chi connectivity index (χ2n) is 5.18. The van der Waals surface area contributed by atoms with Gasteiger partial charge in [0.2, 0.25) is 0 Å². The van der Waals surface area contributed by atoms with E-state index in [9.17, 15) is 5.26 Å². The van der Waals surface area contributed by atoms with Crippen molar-refractivity contribution in [1.29, 1.82) is 5.26 Å². The van der Waals surface area contributed by atoms with E-state index in [0.29, 0.717) is 12.2 Å². The Labute approximate surface area is 120 Å². The molecule has 0 atom stereocenters. The number of rotatable bonds is 3. The van der Waals surface area contributed by atoms with Crippen LogP contribution in [0.4, 0.5) is 0 Å². The fourth-order valence-corrected chi connectivity index (χ4v) is 2.75. The maximum Gasteiger partial charge on any atom is 0.121 e. The van der Waals surface area contributed by atoms with Gasteiger partial charge in [-0.3, -0.25) is 0 Å². The first kappa shape index (κ1) is 14.4. The molecule has 3 nitrogen and oxygen atoms in total. The van der Waals surface area contributed by atoms with Gasteiger partial charge in [0, 0.05) is 17.8 Å². The van der Waals surface area contributed by atoms with Crippen molar-refractivity contribution >= 4 is 0 Å². The fraction of sp³-hybridized carbons (Fsp3) is 0.353. The Hall–Kier alpha value is -2.05. The SMILES string of the molecule is CCc1c(C#N)[nH]c(CN)c1-c1ccc(C)c(C)c1C. The van der Waals surface area contributed by atoms with Crippen LogP contribution in [0.3, 0.4) is 0 Å². The van der Waals surface area contributed by atoms with E-state index in [1.807, 2.05) is 0 Å². The summed E-state index contributed by atoms with van der Waals surface area (Å²) >= 11 is 0. The third kappa shape index (κ3) is 2.13. The summed E-state index contributed by atoms with van der Waals surface area (Å²) in [4.78, 5) is 3.17. The molecule has 1 heterocycles. The molecule has 0 saturated heterocycles. The first-order valence-corrected chi connectivity index (χ1v) is 6.96. The lowest BCUT2D eigenvalue weighted by Gasteiger charge is -2.13. The van der Waals surface area contributed by atoms with Crippen LogP contribution in [-0.2, 0) is 13.0 Å². The first-order chi connectivity index (χ1) is 9.54. The van der Waals surface area contributed by atoms with Crippen molar-refractivity contribution in [2.24, 2.45) is 5.73 Å². The van der Waals surface area contributed by atoms with Crippen molar-refractivity contribution in [2.75, 3.05) is 0 Å². The molecular weight excluding hydrogens is 246 g/mol. The standard InChI is InChI=1S/C17H21N3/c1-5-13-15(8-18)20-16(9-19)17(13)14-7-6-10(2)11(3)12(14)4/h6-7,20H,5,9,19H2,1-4H3. The lowest BCUT2D eigenvalue weighted by molar-refractivity contribution is 1.01. The Morgan fingerprint density at radius 1 is 1.20 bits per heavy atom.